The zero-order valence-electron chi connectivity index (χ0n) is 14.5. The maximum Gasteiger partial charge on any atom is 0.417 e. The summed E-state index contributed by atoms with van der Waals surface area (Å²) in [7, 11) is 0. The molecule has 1 aromatic heterocycles. The largest absolute Gasteiger partial charge is 0.479 e. The SMILES string of the molecule is CC(Oc1ccc(Oc2ccc(C(F)(F)F)cn2)cc1)C(=O)OC1CCC1. The number of alkyl halides is 3. The number of carbonyl (C=O) groups is 1. The summed E-state index contributed by atoms with van der Waals surface area (Å²) in [5.41, 5.74) is -0.846. The molecule has 8 heteroatoms. The Labute approximate surface area is 154 Å². The first-order chi connectivity index (χ1) is 12.8. The molecule has 0 radical (unpaired) electrons. The number of pyridine rings is 1. The van der Waals surface area contributed by atoms with Crippen LogP contribution < -0.4 is 9.47 Å². The van der Waals surface area contributed by atoms with Gasteiger partial charge in [0.25, 0.3) is 0 Å². The fraction of sp³-hybridized carbons (Fsp3) is 0.368. The van der Waals surface area contributed by atoms with E-state index in [2.05, 4.69) is 4.98 Å². The molecule has 27 heavy (non-hydrogen) atoms. The number of hydrogen-bond acceptors (Lipinski definition) is 5. The number of hydrogen-bond donors (Lipinski definition) is 0. The topological polar surface area (TPSA) is 57.7 Å². The Morgan fingerprint density at radius 1 is 1.11 bits per heavy atom. The van der Waals surface area contributed by atoms with Crippen LogP contribution in [0.25, 0.3) is 0 Å². The van der Waals surface area contributed by atoms with Gasteiger partial charge in [-0.3, -0.25) is 0 Å². The van der Waals surface area contributed by atoms with Crippen molar-refractivity contribution in [2.45, 2.75) is 44.6 Å². The van der Waals surface area contributed by atoms with Crippen LogP contribution in [0.4, 0.5) is 13.2 Å². The van der Waals surface area contributed by atoms with Crippen molar-refractivity contribution < 1.29 is 32.2 Å². The molecule has 1 aliphatic rings. The summed E-state index contributed by atoms with van der Waals surface area (Å²) in [5, 5.41) is 0. The van der Waals surface area contributed by atoms with Gasteiger partial charge in [-0.05, 0) is 56.5 Å². The van der Waals surface area contributed by atoms with Gasteiger partial charge < -0.3 is 14.2 Å². The summed E-state index contributed by atoms with van der Waals surface area (Å²) in [5.74, 6) is 0.447. The minimum atomic E-state index is -4.44. The molecule has 0 saturated heterocycles. The highest BCUT2D eigenvalue weighted by Crippen LogP contribution is 2.30. The highest BCUT2D eigenvalue weighted by molar-refractivity contribution is 5.74. The molecule has 0 aliphatic heterocycles. The molecule has 3 rings (SSSR count). The molecule has 1 heterocycles. The molecule has 2 aromatic rings. The van der Waals surface area contributed by atoms with Crippen molar-refractivity contribution in [3.05, 3.63) is 48.2 Å². The quantitative estimate of drug-likeness (QED) is 0.676. The van der Waals surface area contributed by atoms with Crippen LogP contribution in [0.5, 0.6) is 17.4 Å². The van der Waals surface area contributed by atoms with E-state index in [0.29, 0.717) is 17.7 Å². The number of halogens is 3. The summed E-state index contributed by atoms with van der Waals surface area (Å²) in [6.07, 6.45) is -1.62. The summed E-state index contributed by atoms with van der Waals surface area (Å²) < 4.78 is 53.8. The molecule has 0 bridgehead atoms. The number of rotatable bonds is 6. The van der Waals surface area contributed by atoms with E-state index < -0.39 is 23.8 Å². The highest BCUT2D eigenvalue weighted by atomic mass is 19.4. The van der Waals surface area contributed by atoms with Crippen LogP contribution >= 0.6 is 0 Å². The fourth-order valence-corrected chi connectivity index (χ4v) is 2.32. The lowest BCUT2D eigenvalue weighted by Gasteiger charge is -2.26. The van der Waals surface area contributed by atoms with Gasteiger partial charge in [0.2, 0.25) is 5.88 Å². The molecule has 1 unspecified atom stereocenters. The van der Waals surface area contributed by atoms with Gasteiger partial charge in [0.05, 0.1) is 5.56 Å². The Morgan fingerprint density at radius 2 is 1.78 bits per heavy atom. The highest BCUT2D eigenvalue weighted by Gasteiger charge is 2.30. The summed E-state index contributed by atoms with van der Waals surface area (Å²) in [4.78, 5) is 15.5. The monoisotopic (exact) mass is 381 g/mol. The second kappa shape index (κ2) is 7.85. The summed E-state index contributed by atoms with van der Waals surface area (Å²) in [6, 6.07) is 8.36. The van der Waals surface area contributed by atoms with E-state index in [0.717, 1.165) is 31.4 Å². The van der Waals surface area contributed by atoms with Gasteiger partial charge >= 0.3 is 12.1 Å². The van der Waals surface area contributed by atoms with Crippen LogP contribution in [0.3, 0.4) is 0 Å². The summed E-state index contributed by atoms with van der Waals surface area (Å²) >= 11 is 0. The lowest BCUT2D eigenvalue weighted by Crippen LogP contribution is -2.33. The van der Waals surface area contributed by atoms with E-state index in [1.54, 1.807) is 31.2 Å². The zero-order chi connectivity index (χ0) is 19.4. The van der Waals surface area contributed by atoms with Crippen molar-refractivity contribution in [2.24, 2.45) is 0 Å². The van der Waals surface area contributed by atoms with Crippen LogP contribution in [-0.4, -0.2) is 23.2 Å². The first-order valence-corrected chi connectivity index (χ1v) is 8.49. The fourth-order valence-electron chi connectivity index (χ4n) is 2.32. The second-order valence-electron chi connectivity index (χ2n) is 6.21. The molecule has 0 N–H and O–H groups in total. The third kappa shape index (κ3) is 5.12. The van der Waals surface area contributed by atoms with Gasteiger partial charge in [-0.25, -0.2) is 9.78 Å². The van der Waals surface area contributed by atoms with Crippen LogP contribution in [0.2, 0.25) is 0 Å². The molecule has 0 amide bonds. The van der Waals surface area contributed by atoms with Crippen LogP contribution in [0.15, 0.2) is 42.6 Å². The first-order valence-electron chi connectivity index (χ1n) is 8.49. The van der Waals surface area contributed by atoms with E-state index in [1.807, 2.05) is 0 Å². The molecule has 1 fully saturated rings. The first kappa shape index (κ1) is 19.0. The Morgan fingerprint density at radius 3 is 2.30 bits per heavy atom. The molecule has 1 atom stereocenters. The normalized spacial score (nSPS) is 15.6. The molecular formula is C19H18F3NO4. The van der Waals surface area contributed by atoms with Crippen molar-refractivity contribution >= 4 is 5.97 Å². The minimum absolute atomic E-state index is 0.00411. The predicted octanol–water partition coefficient (Wildman–Crippen LogP) is 4.76. The molecule has 0 spiro atoms. The number of aromatic nitrogens is 1. The maximum atomic E-state index is 12.5. The zero-order valence-corrected chi connectivity index (χ0v) is 14.5. The van der Waals surface area contributed by atoms with E-state index in [-0.39, 0.29) is 12.0 Å². The van der Waals surface area contributed by atoms with Gasteiger partial charge in [-0.1, -0.05) is 0 Å². The third-order valence-electron chi connectivity index (χ3n) is 4.09. The van der Waals surface area contributed by atoms with Crippen LogP contribution in [0, 0.1) is 0 Å². The third-order valence-corrected chi connectivity index (χ3v) is 4.09. The summed E-state index contributed by atoms with van der Waals surface area (Å²) in [6.45, 7) is 1.61. The minimum Gasteiger partial charge on any atom is -0.479 e. The maximum absolute atomic E-state index is 12.5. The van der Waals surface area contributed by atoms with Crippen LogP contribution in [0.1, 0.15) is 31.7 Å². The lowest BCUT2D eigenvalue weighted by atomic mass is 9.96. The molecule has 1 aliphatic carbocycles. The Hall–Kier alpha value is -2.77. The Kier molecular flexibility index (Phi) is 5.53. The molecule has 1 aromatic carbocycles. The number of ether oxygens (including phenoxy) is 3. The average molecular weight is 381 g/mol. The van der Waals surface area contributed by atoms with Crippen molar-refractivity contribution in [3.8, 4) is 17.4 Å². The van der Waals surface area contributed by atoms with Gasteiger partial charge in [-0.2, -0.15) is 13.2 Å². The Balaban J connectivity index is 1.54. The van der Waals surface area contributed by atoms with Crippen molar-refractivity contribution in [1.82, 2.24) is 4.98 Å². The smallest absolute Gasteiger partial charge is 0.417 e. The van der Waals surface area contributed by atoms with Crippen molar-refractivity contribution in [1.29, 1.82) is 0 Å². The average Bonchev–Trinajstić information content (AvgIpc) is 2.59. The Bertz CT molecular complexity index is 771. The number of esters is 1. The van der Waals surface area contributed by atoms with Gasteiger partial charge in [-0.15, -0.1) is 0 Å². The van der Waals surface area contributed by atoms with E-state index >= 15 is 0 Å². The van der Waals surface area contributed by atoms with E-state index in [1.165, 1.54) is 0 Å². The number of carbonyl (C=O) groups excluding carboxylic acids is 1. The molecule has 1 saturated carbocycles. The van der Waals surface area contributed by atoms with E-state index in [4.69, 9.17) is 14.2 Å². The lowest BCUT2D eigenvalue weighted by molar-refractivity contribution is -0.160. The van der Waals surface area contributed by atoms with Crippen LogP contribution in [-0.2, 0) is 15.7 Å². The standard InChI is InChI=1S/C19H18F3NO4/c1-12(18(24)27-14-3-2-4-14)25-15-6-8-16(9-7-15)26-17-10-5-13(11-23-17)19(20,21)22/h5-12,14H,2-4H2,1H3. The predicted molar refractivity (Wildman–Crippen MR) is 89.6 cm³/mol. The number of nitrogens with zero attached hydrogens (tertiary/aromatic N) is 1. The molecule has 144 valence electrons. The molecular weight excluding hydrogens is 363 g/mol. The van der Waals surface area contributed by atoms with Crippen molar-refractivity contribution in [2.75, 3.05) is 0 Å². The molecule has 5 nitrogen and oxygen atoms in total. The van der Waals surface area contributed by atoms with Gasteiger partial charge in [0.1, 0.15) is 17.6 Å². The van der Waals surface area contributed by atoms with Gasteiger partial charge in [0, 0.05) is 12.3 Å². The van der Waals surface area contributed by atoms with Gasteiger partial charge in [0.15, 0.2) is 6.10 Å². The number of benzene rings is 1. The van der Waals surface area contributed by atoms with E-state index in [9.17, 15) is 18.0 Å². The van der Waals surface area contributed by atoms with Crippen molar-refractivity contribution in [3.63, 3.8) is 0 Å². The second-order valence-corrected chi connectivity index (χ2v) is 6.21.